The summed E-state index contributed by atoms with van der Waals surface area (Å²) in [7, 11) is 0. The lowest BCUT2D eigenvalue weighted by molar-refractivity contribution is 0.486. The molecular weight excluding hydrogens is 697 g/mol. The smallest absolute Gasteiger partial charge is 0.235 e. The first-order valence-corrected chi connectivity index (χ1v) is 19.2. The summed E-state index contributed by atoms with van der Waals surface area (Å²) in [5.74, 6) is 2.23. The van der Waals surface area contributed by atoms with Gasteiger partial charge in [-0.3, -0.25) is 4.57 Å². The number of para-hydroxylation sites is 3. The number of aromatic nitrogens is 4. The first-order chi connectivity index (χ1) is 28.2. The molecule has 0 atom stereocenters. The molecule has 1 aliphatic heterocycles. The van der Waals surface area contributed by atoms with E-state index in [0.29, 0.717) is 5.95 Å². The molecule has 5 heteroatoms. The molecule has 0 fully saturated rings. The molecule has 0 aliphatic carbocycles. The van der Waals surface area contributed by atoms with Crippen molar-refractivity contribution in [1.82, 2.24) is 19.1 Å². The number of nitrogens with zero attached hydrogens (tertiary/aromatic N) is 4. The van der Waals surface area contributed by atoms with Crippen LogP contribution in [0.2, 0.25) is 0 Å². The molecule has 0 radical (unpaired) electrons. The SMILES string of the molecule is C(=C/c1ccc2ccccc2c1)/C=C/n1c2ccccc2c2cc(-c3ccc4c(c3)c3ccccc3n4-c3nc4c5c(cccc5n3)Oc3ccccc3-4)ccc21. The van der Waals surface area contributed by atoms with Crippen molar-refractivity contribution in [3.8, 4) is 39.8 Å². The van der Waals surface area contributed by atoms with Gasteiger partial charge in [0, 0.05) is 33.3 Å². The summed E-state index contributed by atoms with van der Waals surface area (Å²) < 4.78 is 10.8. The average molecular weight is 729 g/mol. The van der Waals surface area contributed by atoms with Gasteiger partial charge in [0.15, 0.2) is 0 Å². The van der Waals surface area contributed by atoms with Crippen LogP contribution in [0.4, 0.5) is 0 Å². The van der Waals surface area contributed by atoms with Gasteiger partial charge in [0.1, 0.15) is 11.5 Å². The van der Waals surface area contributed by atoms with Crippen LogP contribution >= 0.6 is 0 Å². The standard InChI is InChI=1S/C52H32N4O/c1-2-14-35-30-33(23-24-34(35)13-1)12-9-10-29-55-44-19-6-3-15-38(44)41-31-36(25-27-45(41)55)37-26-28-47-42(32-37)39-16-4-7-20-46(39)56(47)52-53-43-18-11-22-49-50(43)51(54-52)40-17-5-8-21-48(40)57-49/h1-32H/b12-9-,29-10+. The van der Waals surface area contributed by atoms with Crippen LogP contribution in [0.3, 0.4) is 0 Å². The van der Waals surface area contributed by atoms with Gasteiger partial charge in [-0.25, -0.2) is 9.97 Å². The van der Waals surface area contributed by atoms with Gasteiger partial charge in [0.2, 0.25) is 5.95 Å². The molecule has 0 spiro atoms. The lowest BCUT2D eigenvalue weighted by atomic mass is 10.0. The third-order valence-electron chi connectivity index (χ3n) is 11.4. The molecule has 0 amide bonds. The van der Waals surface area contributed by atoms with Gasteiger partial charge in [0.05, 0.1) is 38.7 Å². The number of rotatable bonds is 5. The highest BCUT2D eigenvalue weighted by atomic mass is 16.5. The first-order valence-electron chi connectivity index (χ1n) is 19.2. The van der Waals surface area contributed by atoms with Gasteiger partial charge >= 0.3 is 0 Å². The summed E-state index contributed by atoms with van der Waals surface area (Å²) in [4.78, 5) is 10.4. The zero-order valence-corrected chi connectivity index (χ0v) is 30.7. The van der Waals surface area contributed by atoms with Crippen molar-refractivity contribution in [2.24, 2.45) is 0 Å². The van der Waals surface area contributed by atoms with E-state index in [0.717, 1.165) is 61.0 Å². The zero-order valence-electron chi connectivity index (χ0n) is 30.7. The molecule has 0 N–H and O–H groups in total. The normalized spacial score (nSPS) is 12.6. The molecule has 0 unspecified atom stereocenters. The second kappa shape index (κ2) is 12.4. The molecule has 0 bridgehead atoms. The van der Waals surface area contributed by atoms with E-state index in [-0.39, 0.29) is 0 Å². The fourth-order valence-corrected chi connectivity index (χ4v) is 8.71. The molecule has 8 aromatic carbocycles. The topological polar surface area (TPSA) is 44.9 Å². The van der Waals surface area contributed by atoms with E-state index in [1.165, 1.54) is 43.7 Å². The fraction of sp³-hybridized carbons (Fsp3) is 0. The Balaban J connectivity index is 0.958. The Kier molecular flexibility index (Phi) is 6.86. The van der Waals surface area contributed by atoms with Crippen LogP contribution in [0, 0.1) is 0 Å². The minimum atomic E-state index is 0.639. The summed E-state index contributed by atoms with van der Waals surface area (Å²) in [6, 6.07) is 60.0. The molecule has 0 saturated carbocycles. The molecular formula is C52H32N4O. The first kappa shape index (κ1) is 31.6. The van der Waals surface area contributed by atoms with Crippen LogP contribution in [0.25, 0.3) is 106 Å². The van der Waals surface area contributed by atoms with Crippen molar-refractivity contribution in [2.45, 2.75) is 0 Å². The highest BCUT2D eigenvalue weighted by Crippen LogP contribution is 2.46. The van der Waals surface area contributed by atoms with E-state index < -0.39 is 0 Å². The Labute approximate surface area is 327 Å². The lowest BCUT2D eigenvalue weighted by Crippen LogP contribution is -2.06. The van der Waals surface area contributed by atoms with E-state index in [9.17, 15) is 0 Å². The maximum absolute atomic E-state index is 6.28. The van der Waals surface area contributed by atoms with Crippen LogP contribution in [0.5, 0.6) is 11.5 Å². The minimum Gasteiger partial charge on any atom is -0.456 e. The fourth-order valence-electron chi connectivity index (χ4n) is 8.71. The van der Waals surface area contributed by atoms with Crippen molar-refractivity contribution >= 4 is 77.6 Å². The van der Waals surface area contributed by atoms with E-state index in [2.05, 4.69) is 167 Å². The van der Waals surface area contributed by atoms with Gasteiger partial charge < -0.3 is 9.30 Å². The van der Waals surface area contributed by atoms with Gasteiger partial charge in [-0.05, 0) is 100 Å². The number of hydrogen-bond acceptors (Lipinski definition) is 3. The Hall–Kier alpha value is -7.76. The molecule has 3 aromatic heterocycles. The Morgan fingerprint density at radius 2 is 1.14 bits per heavy atom. The van der Waals surface area contributed by atoms with Crippen molar-refractivity contribution in [1.29, 1.82) is 0 Å². The van der Waals surface area contributed by atoms with Crippen LogP contribution in [0.1, 0.15) is 5.56 Å². The minimum absolute atomic E-state index is 0.639. The molecule has 1 aliphatic rings. The third-order valence-corrected chi connectivity index (χ3v) is 11.4. The second-order valence-electron chi connectivity index (χ2n) is 14.6. The zero-order chi connectivity index (χ0) is 37.5. The van der Waals surface area contributed by atoms with Gasteiger partial charge in [-0.1, -0.05) is 115 Å². The summed E-state index contributed by atoms with van der Waals surface area (Å²) in [5, 5.41) is 8.19. The average Bonchev–Trinajstić information content (AvgIpc) is 3.77. The Morgan fingerprint density at radius 1 is 0.474 bits per heavy atom. The lowest BCUT2D eigenvalue weighted by Gasteiger charge is -2.20. The summed E-state index contributed by atoms with van der Waals surface area (Å²) in [5.41, 5.74) is 10.7. The van der Waals surface area contributed by atoms with Crippen LogP contribution < -0.4 is 4.74 Å². The van der Waals surface area contributed by atoms with Crippen LogP contribution in [-0.4, -0.2) is 19.1 Å². The van der Waals surface area contributed by atoms with Gasteiger partial charge in [0.25, 0.3) is 0 Å². The van der Waals surface area contributed by atoms with Crippen molar-refractivity contribution in [3.63, 3.8) is 0 Å². The molecule has 57 heavy (non-hydrogen) atoms. The third kappa shape index (κ3) is 4.96. The maximum atomic E-state index is 6.28. The van der Waals surface area contributed by atoms with Crippen molar-refractivity contribution in [3.05, 3.63) is 188 Å². The number of hydrogen-bond donors (Lipinski definition) is 0. The number of benzene rings is 8. The predicted molar refractivity (Wildman–Crippen MR) is 236 cm³/mol. The molecule has 5 nitrogen and oxygen atoms in total. The van der Waals surface area contributed by atoms with Gasteiger partial charge in [-0.2, -0.15) is 0 Å². The van der Waals surface area contributed by atoms with E-state index >= 15 is 0 Å². The van der Waals surface area contributed by atoms with Crippen LogP contribution in [-0.2, 0) is 0 Å². The highest BCUT2D eigenvalue weighted by molar-refractivity contribution is 6.13. The largest absolute Gasteiger partial charge is 0.456 e. The number of fused-ring (bicyclic) bond motifs is 9. The predicted octanol–water partition coefficient (Wildman–Crippen LogP) is 13.6. The maximum Gasteiger partial charge on any atom is 0.235 e. The summed E-state index contributed by atoms with van der Waals surface area (Å²) in [6.45, 7) is 0. The second-order valence-corrected chi connectivity index (χ2v) is 14.6. The van der Waals surface area contributed by atoms with E-state index in [1.54, 1.807) is 0 Å². The monoisotopic (exact) mass is 728 g/mol. The Morgan fingerprint density at radius 3 is 2.02 bits per heavy atom. The van der Waals surface area contributed by atoms with Crippen molar-refractivity contribution in [2.75, 3.05) is 0 Å². The summed E-state index contributed by atoms with van der Waals surface area (Å²) in [6.07, 6.45) is 8.57. The molecule has 266 valence electrons. The number of allylic oxidation sites excluding steroid dienone is 2. The van der Waals surface area contributed by atoms with Crippen LogP contribution in [0.15, 0.2) is 182 Å². The Bertz CT molecular complexity index is 3510. The van der Waals surface area contributed by atoms with E-state index in [1.807, 2.05) is 36.4 Å². The van der Waals surface area contributed by atoms with Crippen molar-refractivity contribution < 1.29 is 4.74 Å². The quantitative estimate of drug-likeness (QED) is 0.166. The molecule has 0 saturated heterocycles. The number of ether oxygens (including phenoxy) is 1. The summed E-state index contributed by atoms with van der Waals surface area (Å²) >= 11 is 0. The molecule has 11 aromatic rings. The van der Waals surface area contributed by atoms with E-state index in [4.69, 9.17) is 14.7 Å². The molecule has 12 rings (SSSR count). The van der Waals surface area contributed by atoms with Gasteiger partial charge in [-0.15, -0.1) is 0 Å². The highest BCUT2D eigenvalue weighted by Gasteiger charge is 2.24. The molecule has 4 heterocycles.